The molecule has 1 fully saturated rings. The van der Waals surface area contributed by atoms with Gasteiger partial charge in [-0.1, -0.05) is 36.4 Å². The number of esters is 1. The van der Waals surface area contributed by atoms with Crippen molar-refractivity contribution in [2.75, 3.05) is 6.61 Å². The van der Waals surface area contributed by atoms with E-state index in [4.69, 9.17) is 4.74 Å². The lowest BCUT2D eigenvalue weighted by molar-refractivity contribution is -0.705. The molecule has 0 saturated heterocycles. The minimum atomic E-state index is -1.78. The fourth-order valence-electron chi connectivity index (χ4n) is 3.42. The predicted octanol–water partition coefficient (Wildman–Crippen LogP) is 3.03. The van der Waals surface area contributed by atoms with Crippen LogP contribution in [0, 0.1) is 12.8 Å². The number of thiophene rings is 1. The van der Waals surface area contributed by atoms with Crippen LogP contribution in [0.5, 0.6) is 0 Å². The Bertz CT molecular complexity index is 932. The number of benzene rings is 1. The second kappa shape index (κ2) is 7.89. The summed E-state index contributed by atoms with van der Waals surface area (Å²) in [5.41, 5.74) is -1.27. The molecule has 1 unspecified atom stereocenters. The van der Waals surface area contributed by atoms with E-state index in [9.17, 15) is 9.90 Å². The SMILES string of the molecule is Cc1n(CCOC(=O)C(O)(c2ccccc2)c2cccs2)cc[n+]1CC1CC1. The fraction of sp³-hybridized carbons (Fsp3) is 0.364. The lowest BCUT2D eigenvalue weighted by Gasteiger charge is -2.25. The van der Waals surface area contributed by atoms with E-state index in [-0.39, 0.29) is 6.61 Å². The van der Waals surface area contributed by atoms with Gasteiger partial charge in [0.25, 0.3) is 5.82 Å². The molecule has 1 aliphatic carbocycles. The maximum atomic E-state index is 12.9. The molecule has 1 aliphatic rings. The summed E-state index contributed by atoms with van der Waals surface area (Å²) >= 11 is 1.34. The summed E-state index contributed by atoms with van der Waals surface area (Å²) in [7, 11) is 0. The van der Waals surface area contributed by atoms with E-state index >= 15 is 0 Å². The summed E-state index contributed by atoms with van der Waals surface area (Å²) in [4.78, 5) is 13.5. The number of imidazole rings is 1. The van der Waals surface area contributed by atoms with Gasteiger partial charge in [0.15, 0.2) is 0 Å². The number of rotatable bonds is 8. The molecule has 0 spiro atoms. The maximum Gasteiger partial charge on any atom is 0.348 e. The number of carbonyl (C=O) groups is 1. The average Bonchev–Trinajstić information content (AvgIpc) is 3.22. The van der Waals surface area contributed by atoms with Crippen LogP contribution >= 0.6 is 11.3 Å². The summed E-state index contributed by atoms with van der Waals surface area (Å²) in [6, 6.07) is 12.6. The number of aromatic nitrogens is 2. The van der Waals surface area contributed by atoms with Crippen molar-refractivity contribution >= 4 is 17.3 Å². The van der Waals surface area contributed by atoms with Gasteiger partial charge in [0.05, 0.1) is 11.4 Å². The van der Waals surface area contributed by atoms with Gasteiger partial charge in [-0.2, -0.15) is 0 Å². The van der Waals surface area contributed by atoms with Crippen LogP contribution in [0.4, 0.5) is 0 Å². The third-order valence-electron chi connectivity index (χ3n) is 5.34. The molecule has 1 N–H and O–H groups in total. The minimum absolute atomic E-state index is 0.207. The Hall–Kier alpha value is -2.44. The van der Waals surface area contributed by atoms with Crippen LogP contribution in [0.3, 0.4) is 0 Å². The van der Waals surface area contributed by atoms with Crippen LogP contribution in [-0.4, -0.2) is 22.2 Å². The largest absolute Gasteiger partial charge is 0.459 e. The van der Waals surface area contributed by atoms with Gasteiger partial charge in [-0.05, 0) is 30.2 Å². The van der Waals surface area contributed by atoms with Crippen LogP contribution in [0.1, 0.15) is 29.1 Å². The second-order valence-electron chi connectivity index (χ2n) is 7.32. The molecule has 5 nitrogen and oxygen atoms in total. The van der Waals surface area contributed by atoms with E-state index in [2.05, 4.69) is 22.3 Å². The molecule has 0 amide bonds. The van der Waals surface area contributed by atoms with E-state index < -0.39 is 11.6 Å². The third-order valence-corrected chi connectivity index (χ3v) is 6.32. The zero-order chi connectivity index (χ0) is 19.6. The molecule has 1 atom stereocenters. The normalized spacial score (nSPS) is 15.9. The monoisotopic (exact) mass is 397 g/mol. The Labute approximate surface area is 168 Å². The van der Waals surface area contributed by atoms with Crippen molar-refractivity contribution in [3.8, 4) is 0 Å². The first kappa shape index (κ1) is 18.9. The smallest absolute Gasteiger partial charge is 0.348 e. The van der Waals surface area contributed by atoms with Crippen molar-refractivity contribution in [3.63, 3.8) is 0 Å². The number of ether oxygens (including phenoxy) is 1. The maximum absolute atomic E-state index is 12.9. The van der Waals surface area contributed by atoms with Crippen molar-refractivity contribution in [2.24, 2.45) is 5.92 Å². The molecular weight excluding hydrogens is 372 g/mol. The lowest BCUT2D eigenvalue weighted by atomic mass is 9.92. The molecule has 0 aliphatic heterocycles. The highest BCUT2D eigenvalue weighted by molar-refractivity contribution is 7.10. The highest BCUT2D eigenvalue weighted by Crippen LogP contribution is 2.34. The number of hydrogen-bond donors (Lipinski definition) is 1. The molecule has 1 aromatic carbocycles. The summed E-state index contributed by atoms with van der Waals surface area (Å²) < 4.78 is 9.88. The second-order valence-corrected chi connectivity index (χ2v) is 8.27. The fourth-order valence-corrected chi connectivity index (χ4v) is 4.25. The van der Waals surface area contributed by atoms with E-state index in [0.29, 0.717) is 17.0 Å². The van der Waals surface area contributed by atoms with Crippen molar-refractivity contribution in [3.05, 3.63) is 76.5 Å². The molecule has 4 rings (SSSR count). The van der Waals surface area contributed by atoms with Crippen molar-refractivity contribution < 1.29 is 19.2 Å². The van der Waals surface area contributed by atoms with Gasteiger partial charge < -0.3 is 9.84 Å². The first-order valence-corrected chi connectivity index (χ1v) is 10.5. The van der Waals surface area contributed by atoms with Crippen molar-refractivity contribution in [1.29, 1.82) is 0 Å². The quantitative estimate of drug-likeness (QED) is 0.470. The molecule has 3 aromatic rings. The van der Waals surface area contributed by atoms with Crippen LogP contribution in [0.15, 0.2) is 60.2 Å². The Morgan fingerprint density at radius 1 is 1.29 bits per heavy atom. The van der Waals surface area contributed by atoms with E-state index in [1.165, 1.54) is 24.2 Å². The summed E-state index contributed by atoms with van der Waals surface area (Å²) in [6.45, 7) is 3.91. The Morgan fingerprint density at radius 3 is 2.75 bits per heavy atom. The third kappa shape index (κ3) is 3.75. The predicted molar refractivity (Wildman–Crippen MR) is 107 cm³/mol. The van der Waals surface area contributed by atoms with Gasteiger partial charge in [0, 0.05) is 12.5 Å². The molecule has 1 saturated carbocycles. The summed E-state index contributed by atoms with van der Waals surface area (Å²) in [5.74, 6) is 1.32. The molecule has 146 valence electrons. The molecular formula is C22H25N2O3S+. The average molecular weight is 398 g/mol. The zero-order valence-electron chi connectivity index (χ0n) is 16.0. The summed E-state index contributed by atoms with van der Waals surface area (Å²) in [6.07, 6.45) is 6.74. The topological polar surface area (TPSA) is 55.3 Å². The van der Waals surface area contributed by atoms with Gasteiger partial charge in [0.1, 0.15) is 25.5 Å². The van der Waals surface area contributed by atoms with Crippen LogP contribution in [0.25, 0.3) is 0 Å². The summed E-state index contributed by atoms with van der Waals surface area (Å²) in [5, 5.41) is 13.1. The lowest BCUT2D eigenvalue weighted by Crippen LogP contribution is -2.38. The van der Waals surface area contributed by atoms with Crippen LogP contribution < -0.4 is 4.57 Å². The van der Waals surface area contributed by atoms with Gasteiger partial charge in [-0.25, -0.2) is 13.9 Å². The van der Waals surface area contributed by atoms with Gasteiger partial charge in [-0.15, -0.1) is 11.3 Å². The Kier molecular flexibility index (Phi) is 5.33. The van der Waals surface area contributed by atoms with Gasteiger partial charge in [-0.3, -0.25) is 0 Å². The first-order valence-electron chi connectivity index (χ1n) is 9.63. The van der Waals surface area contributed by atoms with E-state index in [1.54, 1.807) is 18.2 Å². The van der Waals surface area contributed by atoms with Gasteiger partial charge >= 0.3 is 5.97 Å². The molecule has 2 aromatic heterocycles. The number of hydrogen-bond acceptors (Lipinski definition) is 4. The molecule has 2 heterocycles. The minimum Gasteiger partial charge on any atom is -0.459 e. The highest BCUT2D eigenvalue weighted by Gasteiger charge is 2.42. The molecule has 6 heteroatoms. The van der Waals surface area contributed by atoms with Gasteiger partial charge in [0.2, 0.25) is 5.60 Å². The number of carbonyl (C=O) groups excluding carboxylic acids is 1. The first-order chi connectivity index (χ1) is 13.6. The standard InChI is InChI=1S/C22H25N2O3S/c1-17-23(11-12-24(17)16-18-9-10-18)13-14-27-21(25)22(26,20-8-5-15-28-20)19-6-3-2-4-7-19/h2-8,11-12,15,18,26H,9-10,13-14,16H2,1H3/q+1. The highest BCUT2D eigenvalue weighted by atomic mass is 32.1. The zero-order valence-corrected chi connectivity index (χ0v) is 16.8. The van der Waals surface area contributed by atoms with E-state index in [0.717, 1.165) is 18.3 Å². The molecule has 0 radical (unpaired) electrons. The Morgan fingerprint density at radius 2 is 2.07 bits per heavy atom. The number of aliphatic hydroxyl groups is 1. The Balaban J connectivity index is 1.45. The molecule has 28 heavy (non-hydrogen) atoms. The van der Waals surface area contributed by atoms with E-state index in [1.807, 2.05) is 35.8 Å². The molecule has 0 bridgehead atoms. The van der Waals surface area contributed by atoms with Crippen LogP contribution in [0.2, 0.25) is 0 Å². The van der Waals surface area contributed by atoms with Crippen LogP contribution in [-0.2, 0) is 28.2 Å². The van der Waals surface area contributed by atoms with Crippen molar-refractivity contribution in [2.45, 2.75) is 38.5 Å². The number of nitrogens with zero attached hydrogens (tertiary/aromatic N) is 2. The van der Waals surface area contributed by atoms with Crippen molar-refractivity contribution in [1.82, 2.24) is 4.57 Å².